The number of amides is 1. The van der Waals surface area contributed by atoms with E-state index in [4.69, 9.17) is 5.73 Å². The largest absolute Gasteiger partial charge is 0.397 e. The SMILES string of the molecule is Cc1ccc(NC(=O)c2ncccc2N)c(C)c1. The van der Waals surface area contributed by atoms with Gasteiger partial charge in [0.15, 0.2) is 5.69 Å². The number of pyridine rings is 1. The van der Waals surface area contributed by atoms with Crippen LogP contribution in [0.25, 0.3) is 0 Å². The summed E-state index contributed by atoms with van der Waals surface area (Å²) in [5.74, 6) is -0.292. The maximum Gasteiger partial charge on any atom is 0.276 e. The zero-order valence-electron chi connectivity index (χ0n) is 10.4. The van der Waals surface area contributed by atoms with Gasteiger partial charge >= 0.3 is 0 Å². The van der Waals surface area contributed by atoms with E-state index in [0.29, 0.717) is 5.69 Å². The summed E-state index contributed by atoms with van der Waals surface area (Å²) in [4.78, 5) is 16.0. The molecule has 0 saturated carbocycles. The molecule has 4 nitrogen and oxygen atoms in total. The average Bonchev–Trinajstić information content (AvgIpc) is 2.33. The molecule has 0 saturated heterocycles. The minimum absolute atomic E-state index is 0.248. The molecule has 2 aromatic rings. The molecule has 0 aliphatic rings. The number of nitrogens with two attached hydrogens (primary N) is 1. The van der Waals surface area contributed by atoms with Crippen LogP contribution in [0.1, 0.15) is 21.6 Å². The van der Waals surface area contributed by atoms with Crippen LogP contribution in [-0.2, 0) is 0 Å². The number of aromatic nitrogens is 1. The number of aryl methyl sites for hydroxylation is 2. The van der Waals surface area contributed by atoms with Gasteiger partial charge < -0.3 is 11.1 Å². The summed E-state index contributed by atoms with van der Waals surface area (Å²) < 4.78 is 0. The van der Waals surface area contributed by atoms with Crippen molar-refractivity contribution in [2.75, 3.05) is 11.1 Å². The Balaban J connectivity index is 2.24. The fourth-order valence-electron chi connectivity index (χ4n) is 1.74. The minimum Gasteiger partial charge on any atom is -0.397 e. The molecule has 0 radical (unpaired) electrons. The fraction of sp³-hybridized carbons (Fsp3) is 0.143. The molecule has 92 valence electrons. The van der Waals surface area contributed by atoms with E-state index in [1.54, 1.807) is 18.3 Å². The molecule has 3 N–H and O–H groups in total. The van der Waals surface area contributed by atoms with E-state index in [0.717, 1.165) is 16.8 Å². The number of hydrogen-bond donors (Lipinski definition) is 2. The van der Waals surface area contributed by atoms with Crippen molar-refractivity contribution in [2.45, 2.75) is 13.8 Å². The van der Waals surface area contributed by atoms with Crippen LogP contribution in [0.2, 0.25) is 0 Å². The molecule has 0 aliphatic heterocycles. The van der Waals surface area contributed by atoms with Crippen LogP contribution in [0.5, 0.6) is 0 Å². The topological polar surface area (TPSA) is 68.0 Å². The maximum atomic E-state index is 12.0. The van der Waals surface area contributed by atoms with Crippen molar-refractivity contribution in [1.82, 2.24) is 4.98 Å². The first-order valence-corrected chi connectivity index (χ1v) is 5.67. The summed E-state index contributed by atoms with van der Waals surface area (Å²) in [5, 5.41) is 2.81. The Morgan fingerprint density at radius 2 is 2.06 bits per heavy atom. The zero-order valence-corrected chi connectivity index (χ0v) is 10.4. The van der Waals surface area contributed by atoms with Gasteiger partial charge in [-0.15, -0.1) is 0 Å². The van der Waals surface area contributed by atoms with E-state index in [-0.39, 0.29) is 11.6 Å². The molecule has 2 rings (SSSR count). The lowest BCUT2D eigenvalue weighted by molar-refractivity contribution is 0.102. The van der Waals surface area contributed by atoms with Crippen LogP contribution in [0, 0.1) is 13.8 Å². The summed E-state index contributed by atoms with van der Waals surface area (Å²) in [7, 11) is 0. The number of hydrogen-bond acceptors (Lipinski definition) is 3. The highest BCUT2D eigenvalue weighted by Crippen LogP contribution is 2.17. The molecule has 0 fully saturated rings. The van der Waals surface area contributed by atoms with Gasteiger partial charge in [-0.25, -0.2) is 4.98 Å². The van der Waals surface area contributed by atoms with Crippen molar-refractivity contribution < 1.29 is 4.79 Å². The van der Waals surface area contributed by atoms with Crippen LogP contribution in [0.4, 0.5) is 11.4 Å². The van der Waals surface area contributed by atoms with Crippen molar-refractivity contribution >= 4 is 17.3 Å². The molecule has 1 aromatic carbocycles. The quantitative estimate of drug-likeness (QED) is 0.849. The number of nitrogens with one attached hydrogen (secondary N) is 1. The molecule has 0 aliphatic carbocycles. The number of benzene rings is 1. The van der Waals surface area contributed by atoms with Crippen molar-refractivity contribution in [3.8, 4) is 0 Å². The Morgan fingerprint density at radius 3 is 2.72 bits per heavy atom. The minimum atomic E-state index is -0.292. The maximum absolute atomic E-state index is 12.0. The monoisotopic (exact) mass is 241 g/mol. The Hall–Kier alpha value is -2.36. The summed E-state index contributed by atoms with van der Waals surface area (Å²) in [6.07, 6.45) is 1.55. The predicted octanol–water partition coefficient (Wildman–Crippen LogP) is 2.53. The van der Waals surface area contributed by atoms with Gasteiger partial charge in [-0.3, -0.25) is 4.79 Å². The molecule has 18 heavy (non-hydrogen) atoms. The lowest BCUT2D eigenvalue weighted by Gasteiger charge is -2.09. The van der Waals surface area contributed by atoms with Crippen LogP contribution in [-0.4, -0.2) is 10.9 Å². The fourth-order valence-corrected chi connectivity index (χ4v) is 1.74. The lowest BCUT2D eigenvalue weighted by atomic mass is 10.1. The summed E-state index contributed by atoms with van der Waals surface area (Å²) in [6, 6.07) is 9.19. The molecule has 1 amide bonds. The number of nitrogen functional groups attached to an aromatic ring is 1. The van der Waals surface area contributed by atoms with Gasteiger partial charge in [-0.05, 0) is 37.6 Å². The van der Waals surface area contributed by atoms with Gasteiger partial charge in [0.05, 0.1) is 5.69 Å². The highest BCUT2D eigenvalue weighted by atomic mass is 16.1. The normalized spacial score (nSPS) is 10.1. The van der Waals surface area contributed by atoms with Crippen LogP contribution < -0.4 is 11.1 Å². The van der Waals surface area contributed by atoms with E-state index < -0.39 is 0 Å². The first kappa shape index (κ1) is 12.1. The summed E-state index contributed by atoms with van der Waals surface area (Å²) >= 11 is 0. The lowest BCUT2D eigenvalue weighted by Crippen LogP contribution is -2.16. The Morgan fingerprint density at radius 1 is 1.28 bits per heavy atom. The zero-order chi connectivity index (χ0) is 13.1. The van der Waals surface area contributed by atoms with Gasteiger partial charge in [-0.1, -0.05) is 17.7 Å². The second kappa shape index (κ2) is 4.87. The Labute approximate surface area is 106 Å². The van der Waals surface area contributed by atoms with Crippen molar-refractivity contribution in [3.05, 3.63) is 53.3 Å². The second-order valence-electron chi connectivity index (χ2n) is 4.21. The summed E-state index contributed by atoms with van der Waals surface area (Å²) in [5.41, 5.74) is 9.28. The molecule has 0 spiro atoms. The van der Waals surface area contributed by atoms with Gasteiger partial charge in [0, 0.05) is 11.9 Å². The van der Waals surface area contributed by atoms with Crippen LogP contribution in [0.3, 0.4) is 0 Å². The third-order valence-corrected chi connectivity index (χ3v) is 2.68. The van der Waals surface area contributed by atoms with Gasteiger partial charge in [0.1, 0.15) is 0 Å². The first-order chi connectivity index (χ1) is 8.58. The van der Waals surface area contributed by atoms with E-state index in [2.05, 4.69) is 10.3 Å². The third kappa shape index (κ3) is 2.48. The molecule has 1 heterocycles. The highest BCUT2D eigenvalue weighted by Gasteiger charge is 2.11. The molecule has 0 unspecified atom stereocenters. The van der Waals surface area contributed by atoms with Crippen molar-refractivity contribution in [1.29, 1.82) is 0 Å². The number of nitrogens with zero attached hydrogens (tertiary/aromatic N) is 1. The standard InChI is InChI=1S/C14H15N3O/c1-9-5-6-12(10(2)8-9)17-14(18)13-11(15)4-3-7-16-13/h3-8H,15H2,1-2H3,(H,17,18). The van der Waals surface area contributed by atoms with E-state index in [9.17, 15) is 4.79 Å². The second-order valence-corrected chi connectivity index (χ2v) is 4.21. The predicted molar refractivity (Wildman–Crippen MR) is 72.5 cm³/mol. The molecule has 0 atom stereocenters. The first-order valence-electron chi connectivity index (χ1n) is 5.67. The average molecular weight is 241 g/mol. The van der Waals surface area contributed by atoms with Crippen molar-refractivity contribution in [2.24, 2.45) is 0 Å². The molecule has 0 bridgehead atoms. The Bertz CT molecular complexity index is 593. The number of rotatable bonds is 2. The molecular weight excluding hydrogens is 226 g/mol. The van der Waals surface area contributed by atoms with E-state index in [1.807, 2.05) is 32.0 Å². The molecule has 4 heteroatoms. The van der Waals surface area contributed by atoms with Crippen LogP contribution >= 0.6 is 0 Å². The van der Waals surface area contributed by atoms with Crippen molar-refractivity contribution in [3.63, 3.8) is 0 Å². The third-order valence-electron chi connectivity index (χ3n) is 2.68. The van der Waals surface area contributed by atoms with Crippen LogP contribution in [0.15, 0.2) is 36.5 Å². The van der Waals surface area contributed by atoms with Gasteiger partial charge in [0.2, 0.25) is 0 Å². The summed E-state index contributed by atoms with van der Waals surface area (Å²) in [6.45, 7) is 3.96. The van der Waals surface area contributed by atoms with Gasteiger partial charge in [0.25, 0.3) is 5.91 Å². The van der Waals surface area contributed by atoms with E-state index >= 15 is 0 Å². The number of carbonyl (C=O) groups excluding carboxylic acids is 1. The smallest absolute Gasteiger partial charge is 0.276 e. The highest BCUT2D eigenvalue weighted by molar-refractivity contribution is 6.06. The van der Waals surface area contributed by atoms with Gasteiger partial charge in [-0.2, -0.15) is 0 Å². The molecule has 1 aromatic heterocycles. The number of anilines is 2. The molecular formula is C14H15N3O. The van der Waals surface area contributed by atoms with E-state index in [1.165, 1.54) is 0 Å². The number of carbonyl (C=O) groups is 1. The Kier molecular flexibility index (Phi) is 3.28.